The fourth-order valence-electron chi connectivity index (χ4n) is 3.48. The number of nitrogens with one attached hydrogen (secondary N) is 2. The molecule has 0 radical (unpaired) electrons. The van der Waals surface area contributed by atoms with Gasteiger partial charge in [0.25, 0.3) is 0 Å². The third kappa shape index (κ3) is 7.46. The number of carbonyl (C=O) groups excluding carboxylic acids is 2. The number of hydrogen-bond donors (Lipinski definition) is 2. The van der Waals surface area contributed by atoms with Crippen molar-refractivity contribution in [3.63, 3.8) is 0 Å². The number of hydrogen-bond acceptors (Lipinski definition) is 3. The molecule has 6 heteroatoms. The van der Waals surface area contributed by atoms with Crippen LogP contribution >= 0.6 is 24.0 Å². The topological polar surface area (TPSA) is 58.2 Å². The average Bonchev–Trinajstić information content (AvgIpc) is 2.95. The van der Waals surface area contributed by atoms with Crippen LogP contribution in [0.15, 0.2) is 42.5 Å². The van der Waals surface area contributed by atoms with E-state index in [1.807, 2.05) is 36.4 Å². The lowest BCUT2D eigenvalue weighted by atomic mass is 9.97. The molecule has 1 heterocycles. The Bertz CT molecular complexity index is 822. The third-order valence-corrected chi connectivity index (χ3v) is 5.38. The number of Topliss-reactive ketones (excluding diaryl/α,β-unsaturated/α-hetero) is 1. The van der Waals surface area contributed by atoms with E-state index in [9.17, 15) is 9.59 Å². The van der Waals surface area contributed by atoms with Gasteiger partial charge in [-0.25, -0.2) is 0 Å². The lowest BCUT2D eigenvalue weighted by Crippen LogP contribution is -2.25. The lowest BCUT2D eigenvalue weighted by Gasteiger charge is -2.08. The number of rotatable bonds is 8. The second-order valence-electron chi connectivity index (χ2n) is 7.24. The largest absolute Gasteiger partial charge is 0.356 e. The summed E-state index contributed by atoms with van der Waals surface area (Å²) in [5.41, 5.74) is 4.49. The van der Waals surface area contributed by atoms with Crippen LogP contribution in [0.5, 0.6) is 0 Å². The maximum absolute atomic E-state index is 12.5. The van der Waals surface area contributed by atoms with Gasteiger partial charge in [-0.05, 0) is 73.7 Å². The minimum atomic E-state index is -0.0663. The molecular formula is C23H28Cl2N2O2. The first-order valence-corrected chi connectivity index (χ1v) is 10.4. The van der Waals surface area contributed by atoms with E-state index in [0.717, 1.165) is 49.4 Å². The van der Waals surface area contributed by atoms with Crippen LogP contribution in [0.4, 0.5) is 0 Å². The van der Waals surface area contributed by atoms with Gasteiger partial charge in [-0.2, -0.15) is 0 Å². The number of aryl methyl sites for hydroxylation is 1. The second-order valence-corrected chi connectivity index (χ2v) is 7.67. The summed E-state index contributed by atoms with van der Waals surface area (Å²) in [5, 5.41) is 7.01. The van der Waals surface area contributed by atoms with E-state index in [1.165, 1.54) is 16.7 Å². The maximum atomic E-state index is 12.5. The van der Waals surface area contributed by atoms with Gasteiger partial charge in [0.05, 0.1) is 0 Å². The van der Waals surface area contributed by atoms with E-state index >= 15 is 0 Å². The van der Waals surface area contributed by atoms with Gasteiger partial charge in [0, 0.05) is 30.0 Å². The molecule has 0 spiro atoms. The molecule has 1 aliphatic rings. The highest BCUT2D eigenvalue weighted by Crippen LogP contribution is 2.17. The zero-order valence-corrected chi connectivity index (χ0v) is 18.1. The minimum absolute atomic E-state index is 0. The van der Waals surface area contributed by atoms with Crippen LogP contribution in [0.3, 0.4) is 0 Å². The SMILES string of the molecule is Cl.O=C(CCC(=O)c1ccc2c(c1)CCNCC2)NCCCc1ccc(Cl)cc1. The molecule has 0 saturated heterocycles. The van der Waals surface area contributed by atoms with Crippen molar-refractivity contribution in [2.45, 2.75) is 38.5 Å². The highest BCUT2D eigenvalue weighted by molar-refractivity contribution is 6.30. The smallest absolute Gasteiger partial charge is 0.220 e. The van der Waals surface area contributed by atoms with Crippen molar-refractivity contribution in [1.82, 2.24) is 10.6 Å². The van der Waals surface area contributed by atoms with E-state index in [1.54, 1.807) is 0 Å². The van der Waals surface area contributed by atoms with Crippen molar-refractivity contribution in [2.75, 3.05) is 19.6 Å². The van der Waals surface area contributed by atoms with Crippen LogP contribution in [-0.2, 0) is 24.1 Å². The molecule has 156 valence electrons. The molecule has 0 aromatic heterocycles. The molecule has 4 nitrogen and oxygen atoms in total. The van der Waals surface area contributed by atoms with Crippen LogP contribution in [0.2, 0.25) is 5.02 Å². The van der Waals surface area contributed by atoms with Crippen LogP contribution < -0.4 is 10.6 Å². The Labute approximate surface area is 183 Å². The maximum Gasteiger partial charge on any atom is 0.220 e. The molecule has 0 aliphatic carbocycles. The van der Waals surface area contributed by atoms with E-state index in [-0.39, 0.29) is 36.9 Å². The minimum Gasteiger partial charge on any atom is -0.356 e. The number of amides is 1. The molecule has 29 heavy (non-hydrogen) atoms. The van der Waals surface area contributed by atoms with Crippen molar-refractivity contribution in [3.8, 4) is 0 Å². The Morgan fingerprint density at radius 3 is 2.45 bits per heavy atom. The van der Waals surface area contributed by atoms with Crippen molar-refractivity contribution < 1.29 is 9.59 Å². The predicted octanol–water partition coefficient (Wildman–Crippen LogP) is 4.16. The number of ketones is 1. The molecule has 1 amide bonds. The highest BCUT2D eigenvalue weighted by atomic mass is 35.5. The van der Waals surface area contributed by atoms with E-state index in [4.69, 9.17) is 11.6 Å². The summed E-state index contributed by atoms with van der Waals surface area (Å²) in [5.74, 6) is -0.0280. The Kier molecular flexibility index (Phi) is 9.65. The van der Waals surface area contributed by atoms with Gasteiger partial charge >= 0.3 is 0 Å². The Balaban J connectivity index is 0.00000300. The van der Waals surface area contributed by atoms with Gasteiger partial charge in [0.2, 0.25) is 5.91 Å². The average molecular weight is 435 g/mol. The van der Waals surface area contributed by atoms with Crippen LogP contribution in [0, 0.1) is 0 Å². The normalized spacial score (nSPS) is 13.0. The summed E-state index contributed by atoms with van der Waals surface area (Å²) >= 11 is 5.87. The highest BCUT2D eigenvalue weighted by Gasteiger charge is 2.13. The zero-order valence-electron chi connectivity index (χ0n) is 16.5. The fraction of sp³-hybridized carbons (Fsp3) is 0.391. The first kappa shape index (κ1) is 23.4. The summed E-state index contributed by atoms with van der Waals surface area (Å²) in [6.07, 6.45) is 4.19. The number of fused-ring (bicyclic) bond motifs is 1. The van der Waals surface area contributed by atoms with E-state index in [2.05, 4.69) is 16.7 Å². The van der Waals surface area contributed by atoms with Crippen LogP contribution in [0.25, 0.3) is 0 Å². The van der Waals surface area contributed by atoms with Gasteiger partial charge in [-0.15, -0.1) is 12.4 Å². The lowest BCUT2D eigenvalue weighted by molar-refractivity contribution is -0.121. The molecular weight excluding hydrogens is 407 g/mol. The number of halogens is 2. The third-order valence-electron chi connectivity index (χ3n) is 5.13. The monoisotopic (exact) mass is 434 g/mol. The summed E-state index contributed by atoms with van der Waals surface area (Å²) in [4.78, 5) is 24.5. The van der Waals surface area contributed by atoms with Gasteiger partial charge in [-0.1, -0.05) is 35.9 Å². The summed E-state index contributed by atoms with van der Waals surface area (Å²) in [6, 6.07) is 13.7. The van der Waals surface area contributed by atoms with E-state index in [0.29, 0.717) is 6.54 Å². The standard InChI is InChI=1S/C23H27ClN2O2.ClH/c24-21-7-3-17(4-8-21)2-1-13-26-23(28)10-9-22(27)20-6-5-18-11-14-25-15-12-19(18)16-20;/h3-8,16,25H,1-2,9-15H2,(H,26,28);1H. The zero-order chi connectivity index (χ0) is 19.8. The Morgan fingerprint density at radius 2 is 1.69 bits per heavy atom. The van der Waals surface area contributed by atoms with Crippen molar-refractivity contribution >= 4 is 35.7 Å². The molecule has 0 saturated carbocycles. The molecule has 2 aromatic rings. The van der Waals surface area contributed by atoms with Crippen LogP contribution in [-0.4, -0.2) is 31.3 Å². The first-order valence-electron chi connectivity index (χ1n) is 9.99. The predicted molar refractivity (Wildman–Crippen MR) is 120 cm³/mol. The summed E-state index contributed by atoms with van der Waals surface area (Å²) in [7, 11) is 0. The molecule has 1 aliphatic heterocycles. The summed E-state index contributed by atoms with van der Waals surface area (Å²) < 4.78 is 0. The quantitative estimate of drug-likeness (QED) is 0.484. The van der Waals surface area contributed by atoms with Crippen molar-refractivity contribution in [1.29, 1.82) is 0 Å². The second kappa shape index (κ2) is 12.0. The first-order chi connectivity index (χ1) is 13.6. The molecule has 3 rings (SSSR count). The van der Waals surface area contributed by atoms with Gasteiger partial charge in [0.15, 0.2) is 5.78 Å². The molecule has 2 N–H and O–H groups in total. The van der Waals surface area contributed by atoms with E-state index < -0.39 is 0 Å². The molecule has 0 fully saturated rings. The van der Waals surface area contributed by atoms with Gasteiger partial charge < -0.3 is 10.6 Å². The Morgan fingerprint density at radius 1 is 0.966 bits per heavy atom. The molecule has 0 atom stereocenters. The van der Waals surface area contributed by atoms with Crippen molar-refractivity contribution in [2.24, 2.45) is 0 Å². The number of carbonyl (C=O) groups is 2. The fourth-order valence-corrected chi connectivity index (χ4v) is 3.60. The van der Waals surface area contributed by atoms with Gasteiger partial charge in [-0.3, -0.25) is 9.59 Å². The molecule has 0 bridgehead atoms. The number of benzene rings is 2. The molecule has 0 unspecified atom stereocenters. The molecule has 2 aromatic carbocycles. The Hall–Kier alpha value is -1.88. The van der Waals surface area contributed by atoms with Crippen molar-refractivity contribution in [3.05, 3.63) is 69.7 Å². The van der Waals surface area contributed by atoms with Crippen LogP contribution in [0.1, 0.15) is 46.3 Å². The summed E-state index contributed by atoms with van der Waals surface area (Å²) in [6.45, 7) is 2.54. The van der Waals surface area contributed by atoms with Gasteiger partial charge in [0.1, 0.15) is 0 Å².